The summed E-state index contributed by atoms with van der Waals surface area (Å²) >= 11 is 0. The van der Waals surface area contributed by atoms with Crippen molar-refractivity contribution in [1.82, 2.24) is 15.3 Å². The molecule has 6 nitrogen and oxygen atoms in total. The van der Waals surface area contributed by atoms with Crippen molar-refractivity contribution in [1.29, 1.82) is 0 Å². The SMILES string of the molecule is CCN(CC(=O)NC(C)C)c1ccnc(N)n1. The van der Waals surface area contributed by atoms with Crippen LogP contribution < -0.4 is 16.0 Å². The van der Waals surface area contributed by atoms with Gasteiger partial charge in [0.2, 0.25) is 11.9 Å². The molecule has 0 aliphatic rings. The van der Waals surface area contributed by atoms with Crippen molar-refractivity contribution in [2.24, 2.45) is 0 Å². The maximum atomic E-state index is 11.7. The molecule has 1 aromatic rings. The molecule has 6 heteroatoms. The number of carbonyl (C=O) groups excluding carboxylic acids is 1. The fraction of sp³-hybridized carbons (Fsp3) is 0.545. The molecule has 0 aromatic carbocycles. The summed E-state index contributed by atoms with van der Waals surface area (Å²) in [6.45, 7) is 6.77. The van der Waals surface area contributed by atoms with E-state index in [4.69, 9.17) is 5.73 Å². The minimum absolute atomic E-state index is 0.0287. The Balaban J connectivity index is 2.69. The summed E-state index contributed by atoms with van der Waals surface area (Å²) in [7, 11) is 0. The van der Waals surface area contributed by atoms with Crippen LogP contribution >= 0.6 is 0 Å². The molecule has 94 valence electrons. The van der Waals surface area contributed by atoms with Gasteiger partial charge in [-0.3, -0.25) is 4.79 Å². The summed E-state index contributed by atoms with van der Waals surface area (Å²) < 4.78 is 0. The van der Waals surface area contributed by atoms with Crippen LogP contribution in [0.5, 0.6) is 0 Å². The number of nitrogens with one attached hydrogen (secondary N) is 1. The van der Waals surface area contributed by atoms with Crippen molar-refractivity contribution in [2.75, 3.05) is 23.7 Å². The number of hydrogen-bond donors (Lipinski definition) is 2. The van der Waals surface area contributed by atoms with Gasteiger partial charge in [0, 0.05) is 18.8 Å². The predicted octanol–water partition coefficient (Wildman–Crippen LogP) is 0.410. The molecule has 17 heavy (non-hydrogen) atoms. The van der Waals surface area contributed by atoms with E-state index in [1.165, 1.54) is 0 Å². The molecule has 1 amide bonds. The number of amides is 1. The van der Waals surface area contributed by atoms with Crippen molar-refractivity contribution in [3.63, 3.8) is 0 Å². The van der Waals surface area contributed by atoms with Gasteiger partial charge in [-0.2, -0.15) is 4.98 Å². The summed E-state index contributed by atoms with van der Waals surface area (Å²) in [5, 5.41) is 2.84. The molecule has 1 heterocycles. The zero-order valence-corrected chi connectivity index (χ0v) is 10.5. The Hall–Kier alpha value is -1.85. The second-order valence-corrected chi connectivity index (χ2v) is 4.01. The van der Waals surface area contributed by atoms with Gasteiger partial charge in [-0.05, 0) is 26.8 Å². The van der Waals surface area contributed by atoms with Gasteiger partial charge in [0.15, 0.2) is 0 Å². The zero-order valence-electron chi connectivity index (χ0n) is 10.5. The fourth-order valence-corrected chi connectivity index (χ4v) is 1.44. The standard InChI is InChI=1S/C11H19N5O/c1-4-16(7-10(17)14-8(2)3)9-5-6-13-11(12)15-9/h5-6,8H,4,7H2,1-3H3,(H,14,17)(H2,12,13,15). The third-order valence-electron chi connectivity index (χ3n) is 2.15. The lowest BCUT2D eigenvalue weighted by molar-refractivity contribution is -0.120. The first kappa shape index (κ1) is 13.2. The largest absolute Gasteiger partial charge is 0.368 e. The molecule has 0 spiro atoms. The van der Waals surface area contributed by atoms with Crippen LogP contribution in [-0.2, 0) is 4.79 Å². The molecular weight excluding hydrogens is 218 g/mol. The quantitative estimate of drug-likeness (QED) is 0.775. The molecule has 1 aromatic heterocycles. The van der Waals surface area contributed by atoms with Gasteiger partial charge in [-0.1, -0.05) is 0 Å². The number of carbonyl (C=O) groups is 1. The highest BCUT2D eigenvalue weighted by Gasteiger charge is 2.11. The number of nitrogen functional groups attached to an aromatic ring is 1. The van der Waals surface area contributed by atoms with Crippen molar-refractivity contribution >= 4 is 17.7 Å². The van der Waals surface area contributed by atoms with Gasteiger partial charge in [0.25, 0.3) is 0 Å². The van der Waals surface area contributed by atoms with Crippen molar-refractivity contribution in [3.05, 3.63) is 12.3 Å². The fourth-order valence-electron chi connectivity index (χ4n) is 1.44. The Morgan fingerprint density at radius 1 is 1.59 bits per heavy atom. The first-order chi connectivity index (χ1) is 8.02. The number of rotatable bonds is 5. The van der Waals surface area contributed by atoms with E-state index in [1.807, 2.05) is 25.7 Å². The van der Waals surface area contributed by atoms with Crippen molar-refractivity contribution in [3.8, 4) is 0 Å². The zero-order chi connectivity index (χ0) is 12.8. The minimum atomic E-state index is -0.0287. The van der Waals surface area contributed by atoms with Gasteiger partial charge in [0.1, 0.15) is 5.82 Å². The molecule has 0 atom stereocenters. The molecule has 0 bridgehead atoms. The maximum absolute atomic E-state index is 11.7. The number of hydrogen-bond acceptors (Lipinski definition) is 5. The van der Waals surface area contributed by atoms with E-state index in [0.29, 0.717) is 12.4 Å². The lowest BCUT2D eigenvalue weighted by Crippen LogP contribution is -2.40. The molecule has 0 saturated heterocycles. The van der Waals surface area contributed by atoms with Crippen LogP contribution in [-0.4, -0.2) is 35.0 Å². The Kier molecular flexibility index (Phi) is 4.68. The molecule has 3 N–H and O–H groups in total. The van der Waals surface area contributed by atoms with E-state index in [1.54, 1.807) is 12.3 Å². The second kappa shape index (κ2) is 6.03. The molecule has 0 unspecified atom stereocenters. The van der Waals surface area contributed by atoms with Crippen LogP contribution in [0.2, 0.25) is 0 Å². The third kappa shape index (κ3) is 4.26. The molecular formula is C11H19N5O. The van der Waals surface area contributed by atoms with Crippen LogP contribution in [0, 0.1) is 0 Å². The molecule has 1 rings (SSSR count). The monoisotopic (exact) mass is 237 g/mol. The number of nitrogens with two attached hydrogens (primary N) is 1. The van der Waals surface area contributed by atoms with E-state index in [0.717, 1.165) is 0 Å². The van der Waals surface area contributed by atoms with Crippen LogP contribution in [0.25, 0.3) is 0 Å². The van der Waals surface area contributed by atoms with E-state index in [-0.39, 0.29) is 24.4 Å². The second-order valence-electron chi connectivity index (χ2n) is 4.01. The third-order valence-corrected chi connectivity index (χ3v) is 2.15. The first-order valence-electron chi connectivity index (χ1n) is 5.65. The molecule has 0 saturated carbocycles. The van der Waals surface area contributed by atoms with E-state index >= 15 is 0 Å². The van der Waals surface area contributed by atoms with Crippen LogP contribution in [0.4, 0.5) is 11.8 Å². The Morgan fingerprint density at radius 3 is 2.82 bits per heavy atom. The number of nitrogens with zero attached hydrogens (tertiary/aromatic N) is 3. The number of anilines is 2. The summed E-state index contributed by atoms with van der Waals surface area (Å²) in [5.41, 5.74) is 5.51. The number of likely N-dealkylation sites (N-methyl/N-ethyl adjacent to an activating group) is 1. The van der Waals surface area contributed by atoms with Gasteiger partial charge in [-0.15, -0.1) is 0 Å². The van der Waals surface area contributed by atoms with E-state index in [9.17, 15) is 4.79 Å². The van der Waals surface area contributed by atoms with Crippen LogP contribution in [0.3, 0.4) is 0 Å². The van der Waals surface area contributed by atoms with Crippen molar-refractivity contribution in [2.45, 2.75) is 26.8 Å². The van der Waals surface area contributed by atoms with E-state index < -0.39 is 0 Å². The molecule has 0 aliphatic heterocycles. The Labute approximate surface area is 101 Å². The minimum Gasteiger partial charge on any atom is -0.368 e. The predicted molar refractivity (Wildman–Crippen MR) is 67.6 cm³/mol. The summed E-state index contributed by atoms with van der Waals surface area (Å²) in [6, 6.07) is 1.87. The van der Waals surface area contributed by atoms with Crippen molar-refractivity contribution < 1.29 is 4.79 Å². The normalized spacial score (nSPS) is 10.4. The average molecular weight is 237 g/mol. The topological polar surface area (TPSA) is 84.1 Å². The molecule has 0 radical (unpaired) electrons. The highest BCUT2D eigenvalue weighted by atomic mass is 16.2. The van der Waals surface area contributed by atoms with Crippen LogP contribution in [0.15, 0.2) is 12.3 Å². The average Bonchev–Trinajstić information content (AvgIpc) is 2.24. The summed E-state index contributed by atoms with van der Waals surface area (Å²) in [5.74, 6) is 0.850. The highest BCUT2D eigenvalue weighted by Crippen LogP contribution is 2.09. The Morgan fingerprint density at radius 2 is 2.29 bits per heavy atom. The number of aromatic nitrogens is 2. The molecule has 0 fully saturated rings. The lowest BCUT2D eigenvalue weighted by Gasteiger charge is -2.21. The molecule has 0 aliphatic carbocycles. The first-order valence-corrected chi connectivity index (χ1v) is 5.65. The highest BCUT2D eigenvalue weighted by molar-refractivity contribution is 5.81. The summed E-state index contributed by atoms with van der Waals surface area (Å²) in [4.78, 5) is 21.4. The Bertz CT molecular complexity index is 380. The van der Waals surface area contributed by atoms with Gasteiger partial charge < -0.3 is 16.0 Å². The van der Waals surface area contributed by atoms with Gasteiger partial charge >= 0.3 is 0 Å². The van der Waals surface area contributed by atoms with Crippen LogP contribution in [0.1, 0.15) is 20.8 Å². The smallest absolute Gasteiger partial charge is 0.239 e. The lowest BCUT2D eigenvalue weighted by atomic mass is 10.3. The summed E-state index contributed by atoms with van der Waals surface area (Å²) in [6.07, 6.45) is 1.58. The maximum Gasteiger partial charge on any atom is 0.239 e. The van der Waals surface area contributed by atoms with E-state index in [2.05, 4.69) is 15.3 Å². The van der Waals surface area contributed by atoms with Gasteiger partial charge in [-0.25, -0.2) is 4.98 Å². The van der Waals surface area contributed by atoms with Gasteiger partial charge in [0.05, 0.1) is 6.54 Å².